The van der Waals surface area contributed by atoms with Crippen molar-refractivity contribution in [3.8, 4) is 0 Å². The number of ether oxygens (including phenoxy) is 4. The van der Waals surface area contributed by atoms with Crippen LogP contribution in [0.3, 0.4) is 0 Å². The van der Waals surface area contributed by atoms with Gasteiger partial charge in [0.2, 0.25) is 0 Å². The minimum atomic E-state index is -3.72. The highest BCUT2D eigenvalue weighted by Crippen LogP contribution is 2.20. The zero-order valence-corrected chi connectivity index (χ0v) is 12.1. The molecule has 1 saturated heterocycles. The first-order valence-corrected chi connectivity index (χ1v) is 6.64. The van der Waals surface area contributed by atoms with Crippen LogP contribution in [0.1, 0.15) is 0 Å². The summed E-state index contributed by atoms with van der Waals surface area (Å²) in [5.41, 5.74) is 0. The van der Waals surface area contributed by atoms with Gasteiger partial charge in [-0.05, 0) is 0 Å². The zero-order chi connectivity index (χ0) is 17.6. The predicted molar refractivity (Wildman–Crippen MR) is 64.1 cm³/mol. The minimum Gasteiger partial charge on any atom is -0.390 e. The van der Waals surface area contributed by atoms with E-state index in [0.717, 1.165) is 0 Å². The number of rotatable bonds is 13. The SMILES string of the molecule is OCC(F)(F)COCC(F)(F)COCC(F)(F)COCC1CO1. The summed E-state index contributed by atoms with van der Waals surface area (Å²) >= 11 is 0. The molecule has 0 aromatic heterocycles. The number of hydrogen-bond acceptors (Lipinski definition) is 5. The molecule has 0 saturated carbocycles. The standard InChI is InChI=1S/C12H18F6O5/c13-10(14,3-19)4-21-7-12(17,18)8-22-6-11(15,16)5-20-1-9-2-23-9/h9,19H,1-8H2. The Bertz CT molecular complexity index is 351. The van der Waals surface area contributed by atoms with Crippen molar-refractivity contribution < 1.29 is 50.4 Å². The fourth-order valence-electron chi connectivity index (χ4n) is 1.33. The molecule has 138 valence electrons. The average Bonchev–Trinajstić information content (AvgIpc) is 3.21. The summed E-state index contributed by atoms with van der Waals surface area (Å²) in [6.45, 7) is -7.71. The highest BCUT2D eigenvalue weighted by atomic mass is 19.3. The van der Waals surface area contributed by atoms with Gasteiger partial charge in [0.15, 0.2) is 0 Å². The van der Waals surface area contributed by atoms with Crippen molar-refractivity contribution >= 4 is 0 Å². The number of aliphatic hydroxyl groups excluding tert-OH is 1. The Morgan fingerprint density at radius 1 is 0.783 bits per heavy atom. The molecule has 1 N–H and O–H groups in total. The predicted octanol–water partition coefficient (Wildman–Crippen LogP) is 1.33. The number of halogens is 6. The quantitative estimate of drug-likeness (QED) is 0.399. The van der Waals surface area contributed by atoms with Crippen molar-refractivity contribution in [3.63, 3.8) is 0 Å². The summed E-state index contributed by atoms with van der Waals surface area (Å²) in [6.07, 6.45) is -0.203. The molecule has 1 fully saturated rings. The zero-order valence-electron chi connectivity index (χ0n) is 12.1. The fraction of sp³-hybridized carbons (Fsp3) is 1.00. The topological polar surface area (TPSA) is 60.5 Å². The molecule has 5 nitrogen and oxygen atoms in total. The van der Waals surface area contributed by atoms with E-state index in [2.05, 4.69) is 14.2 Å². The van der Waals surface area contributed by atoms with Crippen molar-refractivity contribution in [1.82, 2.24) is 0 Å². The van der Waals surface area contributed by atoms with Crippen LogP contribution in [0.2, 0.25) is 0 Å². The number of epoxide rings is 1. The number of aliphatic hydroxyl groups is 1. The van der Waals surface area contributed by atoms with Crippen LogP contribution in [0.15, 0.2) is 0 Å². The lowest BCUT2D eigenvalue weighted by Crippen LogP contribution is -2.37. The summed E-state index contributed by atoms with van der Waals surface area (Å²) in [5.74, 6) is -10.8. The van der Waals surface area contributed by atoms with Crippen LogP contribution in [0.4, 0.5) is 26.3 Å². The third-order valence-electron chi connectivity index (χ3n) is 2.50. The van der Waals surface area contributed by atoms with Gasteiger partial charge < -0.3 is 24.1 Å². The molecule has 23 heavy (non-hydrogen) atoms. The molecular formula is C12H18F6O5. The molecule has 1 heterocycles. The van der Waals surface area contributed by atoms with Gasteiger partial charge >= 0.3 is 0 Å². The van der Waals surface area contributed by atoms with Crippen LogP contribution in [-0.2, 0) is 18.9 Å². The molecule has 1 atom stereocenters. The Balaban J connectivity index is 2.15. The van der Waals surface area contributed by atoms with Gasteiger partial charge in [-0.3, -0.25) is 0 Å². The maximum Gasteiger partial charge on any atom is 0.293 e. The minimum absolute atomic E-state index is 0.0152. The Labute approximate surface area is 128 Å². The first kappa shape index (κ1) is 20.4. The molecule has 0 aromatic rings. The van der Waals surface area contributed by atoms with E-state index in [1.807, 2.05) is 0 Å². The van der Waals surface area contributed by atoms with Gasteiger partial charge in [0.25, 0.3) is 17.8 Å². The van der Waals surface area contributed by atoms with E-state index in [4.69, 9.17) is 9.84 Å². The Morgan fingerprint density at radius 2 is 1.17 bits per heavy atom. The lowest BCUT2D eigenvalue weighted by molar-refractivity contribution is -0.180. The average molecular weight is 356 g/mol. The van der Waals surface area contributed by atoms with Gasteiger partial charge in [-0.25, -0.2) is 26.3 Å². The summed E-state index contributed by atoms with van der Waals surface area (Å²) in [5, 5.41) is 8.22. The van der Waals surface area contributed by atoms with Crippen molar-refractivity contribution in [2.24, 2.45) is 0 Å². The third kappa shape index (κ3) is 9.97. The maximum atomic E-state index is 13.2. The second-order valence-electron chi connectivity index (χ2n) is 5.18. The molecule has 11 heteroatoms. The van der Waals surface area contributed by atoms with Gasteiger partial charge in [-0.15, -0.1) is 0 Å². The molecule has 0 bridgehead atoms. The lowest BCUT2D eigenvalue weighted by Gasteiger charge is -2.21. The van der Waals surface area contributed by atoms with Crippen LogP contribution in [0.25, 0.3) is 0 Å². The molecule has 1 aliphatic rings. The van der Waals surface area contributed by atoms with E-state index >= 15 is 0 Å². The van der Waals surface area contributed by atoms with E-state index in [1.165, 1.54) is 0 Å². The smallest absolute Gasteiger partial charge is 0.293 e. The summed E-state index contributed by atoms with van der Waals surface area (Å²) in [6, 6.07) is 0. The monoisotopic (exact) mass is 356 g/mol. The van der Waals surface area contributed by atoms with Gasteiger partial charge in [-0.2, -0.15) is 0 Å². The highest BCUT2D eigenvalue weighted by molar-refractivity contribution is 4.71. The molecule has 1 aliphatic heterocycles. The fourth-order valence-corrected chi connectivity index (χ4v) is 1.33. The van der Waals surface area contributed by atoms with Crippen molar-refractivity contribution in [1.29, 1.82) is 0 Å². The summed E-state index contributed by atoms with van der Waals surface area (Å²) in [7, 11) is 0. The first-order chi connectivity index (χ1) is 10.6. The second kappa shape index (κ2) is 8.47. The van der Waals surface area contributed by atoms with Crippen molar-refractivity contribution in [2.45, 2.75) is 23.9 Å². The Hall–Kier alpha value is -0.620. The molecular weight excluding hydrogens is 338 g/mol. The van der Waals surface area contributed by atoms with E-state index < -0.39 is 57.4 Å². The van der Waals surface area contributed by atoms with Gasteiger partial charge in [-0.1, -0.05) is 0 Å². The Morgan fingerprint density at radius 3 is 1.57 bits per heavy atom. The molecule has 1 rings (SSSR count). The first-order valence-electron chi connectivity index (χ1n) is 6.64. The summed E-state index contributed by atoms with van der Waals surface area (Å²) < 4.78 is 95.6. The molecule has 0 spiro atoms. The Kier molecular flexibility index (Phi) is 7.52. The van der Waals surface area contributed by atoms with Crippen LogP contribution in [0, 0.1) is 0 Å². The molecule has 0 radical (unpaired) electrons. The van der Waals surface area contributed by atoms with Crippen molar-refractivity contribution in [3.05, 3.63) is 0 Å². The normalized spacial score (nSPS) is 19.2. The van der Waals surface area contributed by atoms with E-state index in [0.29, 0.717) is 6.61 Å². The molecule has 0 aliphatic carbocycles. The molecule has 0 aromatic carbocycles. The van der Waals surface area contributed by atoms with Crippen LogP contribution >= 0.6 is 0 Å². The van der Waals surface area contributed by atoms with Gasteiger partial charge in [0.05, 0.1) is 13.2 Å². The highest BCUT2D eigenvalue weighted by Gasteiger charge is 2.36. The van der Waals surface area contributed by atoms with E-state index in [1.54, 1.807) is 0 Å². The summed E-state index contributed by atoms with van der Waals surface area (Å²) in [4.78, 5) is 0. The van der Waals surface area contributed by atoms with Crippen LogP contribution in [-0.4, -0.2) is 81.8 Å². The molecule has 1 unspecified atom stereocenters. The molecule has 0 amide bonds. The number of hydrogen-bond donors (Lipinski definition) is 1. The van der Waals surface area contributed by atoms with Crippen LogP contribution < -0.4 is 0 Å². The maximum absolute atomic E-state index is 13.2. The van der Waals surface area contributed by atoms with Crippen LogP contribution in [0.5, 0.6) is 0 Å². The van der Waals surface area contributed by atoms with E-state index in [-0.39, 0.29) is 12.7 Å². The van der Waals surface area contributed by atoms with E-state index in [9.17, 15) is 26.3 Å². The largest absolute Gasteiger partial charge is 0.390 e. The third-order valence-corrected chi connectivity index (χ3v) is 2.50. The van der Waals surface area contributed by atoms with Crippen molar-refractivity contribution in [2.75, 3.05) is 52.9 Å². The second-order valence-corrected chi connectivity index (χ2v) is 5.18. The van der Waals surface area contributed by atoms with Gasteiger partial charge in [0.1, 0.15) is 45.7 Å². The number of alkyl halides is 6. The lowest BCUT2D eigenvalue weighted by atomic mass is 10.3. The van der Waals surface area contributed by atoms with Gasteiger partial charge in [0, 0.05) is 0 Å².